The van der Waals surface area contributed by atoms with Gasteiger partial charge in [-0.05, 0) is 24.6 Å². The van der Waals surface area contributed by atoms with Crippen LogP contribution in [0.2, 0.25) is 0 Å². The summed E-state index contributed by atoms with van der Waals surface area (Å²) in [6, 6.07) is 5.12. The monoisotopic (exact) mass is 240 g/mol. The molecule has 4 nitrogen and oxygen atoms in total. The summed E-state index contributed by atoms with van der Waals surface area (Å²) in [5, 5.41) is 2.50. The van der Waals surface area contributed by atoms with E-state index in [1.807, 2.05) is 13.0 Å². The summed E-state index contributed by atoms with van der Waals surface area (Å²) in [6.07, 6.45) is 3.19. The average Bonchev–Trinajstić information content (AvgIpc) is 2.95. The van der Waals surface area contributed by atoms with E-state index in [-0.39, 0.29) is 5.63 Å². The van der Waals surface area contributed by atoms with E-state index in [1.165, 1.54) is 6.07 Å². The van der Waals surface area contributed by atoms with E-state index in [4.69, 9.17) is 13.3 Å². The van der Waals surface area contributed by atoms with Crippen LogP contribution < -0.4 is 5.63 Å². The molecule has 88 valence electrons. The van der Waals surface area contributed by atoms with Gasteiger partial charge in [-0.3, -0.25) is 0 Å². The fourth-order valence-corrected chi connectivity index (χ4v) is 2.46. The van der Waals surface area contributed by atoms with E-state index in [0.29, 0.717) is 16.7 Å². The van der Waals surface area contributed by atoms with Crippen molar-refractivity contribution in [2.75, 3.05) is 0 Å². The molecular weight excluding hydrogens is 232 g/mol. The molecule has 0 N–H and O–H groups in total. The molecule has 0 bridgehead atoms. The number of aryl methyl sites for hydroxylation is 1. The molecule has 18 heavy (non-hydrogen) atoms. The Morgan fingerprint density at radius 3 is 2.39 bits per heavy atom. The number of hydrogen-bond acceptors (Lipinski definition) is 4. The highest BCUT2D eigenvalue weighted by molar-refractivity contribution is 6.20. The van der Waals surface area contributed by atoms with Crippen LogP contribution in [0.5, 0.6) is 0 Å². The quantitative estimate of drug-likeness (QED) is 0.441. The van der Waals surface area contributed by atoms with Gasteiger partial charge in [-0.1, -0.05) is 0 Å². The van der Waals surface area contributed by atoms with E-state index < -0.39 is 0 Å². The third-order valence-corrected chi connectivity index (χ3v) is 3.21. The van der Waals surface area contributed by atoms with Crippen molar-refractivity contribution in [3.8, 4) is 0 Å². The Bertz CT molecular complexity index is 952. The lowest BCUT2D eigenvalue weighted by atomic mass is 10.1. The van der Waals surface area contributed by atoms with Crippen LogP contribution in [0.15, 0.2) is 48.8 Å². The van der Waals surface area contributed by atoms with Crippen molar-refractivity contribution >= 4 is 32.9 Å². The van der Waals surface area contributed by atoms with Gasteiger partial charge in [0.15, 0.2) is 5.58 Å². The largest absolute Gasteiger partial charge is 0.463 e. The molecule has 3 aromatic heterocycles. The van der Waals surface area contributed by atoms with Crippen LogP contribution in [0.1, 0.15) is 5.56 Å². The van der Waals surface area contributed by atoms with Gasteiger partial charge in [0.1, 0.15) is 11.2 Å². The Hall–Kier alpha value is -2.49. The molecule has 0 aliphatic heterocycles. The van der Waals surface area contributed by atoms with E-state index in [2.05, 4.69) is 0 Å². The molecule has 0 amide bonds. The summed E-state index contributed by atoms with van der Waals surface area (Å²) >= 11 is 0. The number of rotatable bonds is 0. The molecule has 1 aromatic carbocycles. The lowest BCUT2D eigenvalue weighted by Crippen LogP contribution is -1.98. The fraction of sp³-hybridized carbons (Fsp3) is 0.0714. The smallest absolute Gasteiger partial charge is 0.336 e. The first-order chi connectivity index (χ1) is 8.75. The molecule has 0 spiro atoms. The molecule has 0 aliphatic carbocycles. The zero-order valence-electron chi connectivity index (χ0n) is 9.52. The first-order valence-corrected chi connectivity index (χ1v) is 5.56. The number of fused-ring (bicyclic) bond motifs is 6. The Kier molecular flexibility index (Phi) is 1.61. The summed E-state index contributed by atoms with van der Waals surface area (Å²) in [5.74, 6) is 0. The van der Waals surface area contributed by atoms with Gasteiger partial charge >= 0.3 is 5.63 Å². The lowest BCUT2D eigenvalue weighted by molar-refractivity contribution is 0.561. The molecule has 0 fully saturated rings. The second-order valence-electron chi connectivity index (χ2n) is 4.28. The molecule has 0 aliphatic rings. The van der Waals surface area contributed by atoms with E-state index >= 15 is 0 Å². The van der Waals surface area contributed by atoms with Crippen LogP contribution >= 0.6 is 0 Å². The van der Waals surface area contributed by atoms with Crippen molar-refractivity contribution in [1.82, 2.24) is 0 Å². The lowest BCUT2D eigenvalue weighted by Gasteiger charge is -2.02. The molecule has 4 heteroatoms. The van der Waals surface area contributed by atoms with Crippen molar-refractivity contribution in [3.63, 3.8) is 0 Å². The molecule has 3 heterocycles. The summed E-state index contributed by atoms with van der Waals surface area (Å²) in [7, 11) is 0. The maximum Gasteiger partial charge on any atom is 0.336 e. The van der Waals surface area contributed by atoms with Crippen LogP contribution in [0.3, 0.4) is 0 Å². The minimum Gasteiger partial charge on any atom is -0.463 e. The zero-order valence-corrected chi connectivity index (χ0v) is 9.52. The van der Waals surface area contributed by atoms with E-state index in [1.54, 1.807) is 18.6 Å². The normalized spacial score (nSPS) is 11.8. The van der Waals surface area contributed by atoms with Gasteiger partial charge in [-0.15, -0.1) is 0 Å². The maximum absolute atomic E-state index is 11.5. The Morgan fingerprint density at radius 1 is 0.944 bits per heavy atom. The van der Waals surface area contributed by atoms with Gasteiger partial charge in [0.05, 0.1) is 28.7 Å². The second-order valence-corrected chi connectivity index (χ2v) is 4.28. The molecule has 0 saturated carbocycles. The maximum atomic E-state index is 11.5. The molecule has 0 saturated heterocycles. The Labute approximate surface area is 100 Å². The average molecular weight is 240 g/mol. The zero-order chi connectivity index (χ0) is 12.3. The predicted octanol–water partition coefficient (Wildman–Crippen LogP) is 3.59. The van der Waals surface area contributed by atoms with Gasteiger partial charge < -0.3 is 13.3 Å². The van der Waals surface area contributed by atoms with Gasteiger partial charge in [0.2, 0.25) is 0 Å². The first-order valence-electron chi connectivity index (χ1n) is 5.56. The first kappa shape index (κ1) is 9.53. The highest BCUT2D eigenvalue weighted by atomic mass is 16.4. The predicted molar refractivity (Wildman–Crippen MR) is 66.8 cm³/mol. The van der Waals surface area contributed by atoms with E-state index in [9.17, 15) is 4.79 Å². The minimum atomic E-state index is -0.367. The van der Waals surface area contributed by atoms with Crippen molar-refractivity contribution in [3.05, 3.63) is 46.7 Å². The molecule has 0 unspecified atom stereocenters. The third kappa shape index (κ3) is 1.02. The fourth-order valence-electron chi connectivity index (χ4n) is 2.46. The number of benzene rings is 1. The van der Waals surface area contributed by atoms with Crippen LogP contribution in [0.25, 0.3) is 32.9 Å². The van der Waals surface area contributed by atoms with Crippen LogP contribution in [-0.4, -0.2) is 0 Å². The topological polar surface area (TPSA) is 56.5 Å². The Balaban J connectivity index is 2.52. The standard InChI is InChI=1S/C14H8O4/c1-7-6-10(15)18-14-9-3-4-16-12(9)8-2-5-17-13(8)11(7)14/h2-6H,1H3. The van der Waals surface area contributed by atoms with Gasteiger partial charge in [-0.25, -0.2) is 4.79 Å². The summed E-state index contributed by atoms with van der Waals surface area (Å²) < 4.78 is 16.3. The van der Waals surface area contributed by atoms with E-state index in [0.717, 1.165) is 21.7 Å². The summed E-state index contributed by atoms with van der Waals surface area (Å²) in [4.78, 5) is 11.5. The number of furan rings is 2. The molecular formula is C14H8O4. The molecule has 4 rings (SSSR count). The molecule has 0 radical (unpaired) electrons. The van der Waals surface area contributed by atoms with Gasteiger partial charge in [0.25, 0.3) is 0 Å². The highest BCUT2D eigenvalue weighted by Gasteiger charge is 2.17. The highest BCUT2D eigenvalue weighted by Crippen LogP contribution is 2.36. The SMILES string of the molecule is Cc1cc(=O)oc2c3ccoc3c3ccoc3c12. The molecule has 0 atom stereocenters. The summed E-state index contributed by atoms with van der Waals surface area (Å²) in [5.41, 5.74) is 2.36. The number of hydrogen-bond donors (Lipinski definition) is 0. The molecule has 4 aromatic rings. The van der Waals surface area contributed by atoms with Gasteiger partial charge in [-0.2, -0.15) is 0 Å². The second kappa shape index (κ2) is 3.04. The van der Waals surface area contributed by atoms with Crippen molar-refractivity contribution in [2.45, 2.75) is 6.92 Å². The van der Waals surface area contributed by atoms with Crippen LogP contribution in [-0.2, 0) is 0 Å². The summed E-state index contributed by atoms with van der Waals surface area (Å²) in [6.45, 7) is 1.87. The third-order valence-electron chi connectivity index (χ3n) is 3.21. The van der Waals surface area contributed by atoms with Crippen molar-refractivity contribution < 1.29 is 13.3 Å². The van der Waals surface area contributed by atoms with Gasteiger partial charge in [0, 0.05) is 6.07 Å². The van der Waals surface area contributed by atoms with Crippen LogP contribution in [0.4, 0.5) is 0 Å². The van der Waals surface area contributed by atoms with Crippen molar-refractivity contribution in [2.24, 2.45) is 0 Å². The van der Waals surface area contributed by atoms with Crippen molar-refractivity contribution in [1.29, 1.82) is 0 Å². The Morgan fingerprint density at radius 2 is 1.61 bits per heavy atom. The minimum absolute atomic E-state index is 0.367. The van der Waals surface area contributed by atoms with Crippen LogP contribution in [0, 0.1) is 6.92 Å².